The second kappa shape index (κ2) is 7.87. The zero-order valence-electron chi connectivity index (χ0n) is 13.2. The number of anilines is 1. The average molecular weight is 415 g/mol. The number of hydrogen-bond acceptors (Lipinski definition) is 3. The van der Waals surface area contributed by atoms with E-state index in [4.69, 9.17) is 34.8 Å². The normalized spacial score (nSPS) is 18.6. The number of para-hydroxylation sites is 1. The Bertz CT molecular complexity index is 844. The van der Waals surface area contributed by atoms with Gasteiger partial charge in [0, 0.05) is 17.5 Å². The molecule has 1 heterocycles. The Balaban J connectivity index is 1.82. The van der Waals surface area contributed by atoms with Crippen LogP contribution in [-0.2, 0) is 0 Å². The summed E-state index contributed by atoms with van der Waals surface area (Å²) < 4.78 is 0. The van der Waals surface area contributed by atoms with Crippen LogP contribution in [0.25, 0.3) is 0 Å². The Morgan fingerprint density at radius 1 is 1.16 bits per heavy atom. The molecule has 1 saturated heterocycles. The molecule has 1 fully saturated rings. The third kappa shape index (κ3) is 4.42. The van der Waals surface area contributed by atoms with Crippen LogP contribution >= 0.6 is 46.6 Å². The maximum absolute atomic E-state index is 12.7. The SMILES string of the molecule is C[C@@H]1CN(C(=O)Nc2ccc(Cl)c(Cl)c2)C(=Nc2ccccc2Cl)S1. The number of carbonyl (C=O) groups excluding carboxylic acids is 1. The summed E-state index contributed by atoms with van der Waals surface area (Å²) in [6, 6.07) is 11.9. The van der Waals surface area contributed by atoms with E-state index in [1.807, 2.05) is 25.1 Å². The second-order valence-electron chi connectivity index (χ2n) is 5.44. The highest BCUT2D eigenvalue weighted by atomic mass is 35.5. The second-order valence-corrected chi connectivity index (χ2v) is 8.07. The minimum Gasteiger partial charge on any atom is -0.307 e. The minimum absolute atomic E-state index is 0.237. The van der Waals surface area contributed by atoms with Crippen LogP contribution in [-0.4, -0.2) is 27.9 Å². The van der Waals surface area contributed by atoms with Crippen molar-refractivity contribution in [1.29, 1.82) is 0 Å². The molecule has 0 spiro atoms. The van der Waals surface area contributed by atoms with E-state index in [0.29, 0.717) is 38.2 Å². The zero-order valence-corrected chi connectivity index (χ0v) is 16.3. The molecule has 0 saturated carbocycles. The Hall–Kier alpha value is -1.40. The summed E-state index contributed by atoms with van der Waals surface area (Å²) in [7, 11) is 0. The van der Waals surface area contributed by atoms with Gasteiger partial charge in [-0.05, 0) is 30.3 Å². The van der Waals surface area contributed by atoms with Gasteiger partial charge in [0.25, 0.3) is 0 Å². The van der Waals surface area contributed by atoms with Crippen LogP contribution in [0.15, 0.2) is 47.5 Å². The number of benzene rings is 2. The Labute approximate surface area is 165 Å². The molecule has 130 valence electrons. The van der Waals surface area contributed by atoms with E-state index in [-0.39, 0.29) is 11.3 Å². The summed E-state index contributed by atoms with van der Waals surface area (Å²) in [5.41, 5.74) is 1.20. The number of carbonyl (C=O) groups is 1. The molecule has 4 nitrogen and oxygen atoms in total. The minimum atomic E-state index is -0.277. The molecule has 2 amide bonds. The first-order valence-corrected chi connectivity index (χ1v) is 9.49. The zero-order chi connectivity index (χ0) is 18.0. The number of halogens is 3. The van der Waals surface area contributed by atoms with Crippen LogP contribution in [0.1, 0.15) is 6.92 Å². The number of amides is 2. The number of nitrogens with one attached hydrogen (secondary N) is 1. The molecule has 0 aliphatic carbocycles. The van der Waals surface area contributed by atoms with Gasteiger partial charge in [0.2, 0.25) is 0 Å². The topological polar surface area (TPSA) is 44.7 Å². The maximum Gasteiger partial charge on any atom is 0.327 e. The largest absolute Gasteiger partial charge is 0.327 e. The third-order valence-corrected chi connectivity index (χ3v) is 5.59. The molecule has 0 unspecified atom stereocenters. The van der Waals surface area contributed by atoms with E-state index in [9.17, 15) is 4.79 Å². The quantitative estimate of drug-likeness (QED) is 0.626. The standard InChI is InChI=1S/C17H14Cl3N3OS/c1-10-9-23(16(24)21-11-6-7-12(18)14(20)8-11)17(25-10)22-15-5-3-2-4-13(15)19/h2-8,10H,9H2,1H3,(H,21,24)/t10-/m1/s1. The highest BCUT2D eigenvalue weighted by molar-refractivity contribution is 8.14. The Kier molecular flexibility index (Phi) is 5.79. The van der Waals surface area contributed by atoms with Gasteiger partial charge in [-0.15, -0.1) is 0 Å². The number of rotatable bonds is 2. The summed E-state index contributed by atoms with van der Waals surface area (Å²) >= 11 is 19.6. The van der Waals surface area contributed by atoms with E-state index in [2.05, 4.69) is 10.3 Å². The van der Waals surface area contributed by atoms with Crippen molar-refractivity contribution < 1.29 is 4.79 Å². The van der Waals surface area contributed by atoms with E-state index in [1.165, 1.54) is 11.8 Å². The van der Waals surface area contributed by atoms with Crippen molar-refractivity contribution in [2.24, 2.45) is 4.99 Å². The first-order chi connectivity index (χ1) is 11.9. The monoisotopic (exact) mass is 413 g/mol. The molecule has 2 aromatic rings. The molecule has 2 aromatic carbocycles. The lowest BCUT2D eigenvalue weighted by molar-refractivity contribution is 0.235. The lowest BCUT2D eigenvalue weighted by Gasteiger charge is -2.17. The van der Waals surface area contributed by atoms with Gasteiger partial charge in [0.05, 0.1) is 20.8 Å². The molecule has 8 heteroatoms. The molecular weight excluding hydrogens is 401 g/mol. The first kappa shape index (κ1) is 18.4. The fraction of sp³-hybridized carbons (Fsp3) is 0.176. The van der Waals surface area contributed by atoms with Crippen LogP contribution in [0.5, 0.6) is 0 Å². The summed E-state index contributed by atoms with van der Waals surface area (Å²) in [5.74, 6) is 0. The van der Waals surface area contributed by atoms with Crippen molar-refractivity contribution >= 4 is 69.1 Å². The molecule has 1 N–H and O–H groups in total. The van der Waals surface area contributed by atoms with Crippen molar-refractivity contribution in [1.82, 2.24) is 4.90 Å². The maximum atomic E-state index is 12.7. The summed E-state index contributed by atoms with van der Waals surface area (Å²) in [5, 5.41) is 5.03. The van der Waals surface area contributed by atoms with E-state index in [1.54, 1.807) is 29.2 Å². The molecule has 1 aliphatic heterocycles. The fourth-order valence-corrected chi connectivity index (χ4v) is 3.78. The first-order valence-electron chi connectivity index (χ1n) is 7.47. The van der Waals surface area contributed by atoms with E-state index >= 15 is 0 Å². The third-order valence-electron chi connectivity index (χ3n) is 3.46. The van der Waals surface area contributed by atoms with Gasteiger partial charge in [0.15, 0.2) is 5.17 Å². The van der Waals surface area contributed by atoms with Crippen molar-refractivity contribution in [2.45, 2.75) is 12.2 Å². The number of nitrogens with zero attached hydrogens (tertiary/aromatic N) is 2. The Morgan fingerprint density at radius 3 is 2.64 bits per heavy atom. The smallest absolute Gasteiger partial charge is 0.307 e. The van der Waals surface area contributed by atoms with Crippen molar-refractivity contribution in [3.05, 3.63) is 57.5 Å². The van der Waals surface area contributed by atoms with Gasteiger partial charge in [-0.2, -0.15) is 0 Å². The Morgan fingerprint density at radius 2 is 1.92 bits per heavy atom. The lowest BCUT2D eigenvalue weighted by atomic mass is 10.3. The number of thioether (sulfide) groups is 1. The molecule has 25 heavy (non-hydrogen) atoms. The molecule has 1 atom stereocenters. The van der Waals surface area contributed by atoms with Crippen molar-refractivity contribution in [3.63, 3.8) is 0 Å². The van der Waals surface area contributed by atoms with Crippen LogP contribution < -0.4 is 5.32 Å². The highest BCUT2D eigenvalue weighted by Gasteiger charge is 2.31. The van der Waals surface area contributed by atoms with Crippen molar-refractivity contribution in [3.8, 4) is 0 Å². The van der Waals surface area contributed by atoms with Gasteiger partial charge in [-0.25, -0.2) is 9.79 Å². The number of hydrogen-bond donors (Lipinski definition) is 1. The van der Waals surface area contributed by atoms with E-state index < -0.39 is 0 Å². The number of amidine groups is 1. The summed E-state index contributed by atoms with van der Waals surface area (Å²) in [6.45, 7) is 2.60. The van der Waals surface area contributed by atoms with E-state index in [0.717, 1.165) is 0 Å². The number of aliphatic imine (C=N–C) groups is 1. The van der Waals surface area contributed by atoms with Gasteiger partial charge >= 0.3 is 6.03 Å². The van der Waals surface area contributed by atoms with Crippen LogP contribution in [0.4, 0.5) is 16.2 Å². The van der Waals surface area contributed by atoms with Crippen LogP contribution in [0, 0.1) is 0 Å². The van der Waals surface area contributed by atoms with Crippen LogP contribution in [0.3, 0.4) is 0 Å². The molecule has 1 aliphatic rings. The predicted molar refractivity (Wildman–Crippen MR) is 108 cm³/mol. The van der Waals surface area contributed by atoms with Gasteiger partial charge in [-0.3, -0.25) is 4.90 Å². The molecule has 0 radical (unpaired) electrons. The molecule has 0 bridgehead atoms. The van der Waals surface area contributed by atoms with Gasteiger partial charge in [0.1, 0.15) is 0 Å². The van der Waals surface area contributed by atoms with Crippen molar-refractivity contribution in [2.75, 3.05) is 11.9 Å². The predicted octanol–water partition coefficient (Wildman–Crippen LogP) is 6.30. The molecule has 3 rings (SSSR count). The molecular formula is C17H14Cl3N3OS. The average Bonchev–Trinajstić information content (AvgIpc) is 2.94. The molecule has 0 aromatic heterocycles. The van der Waals surface area contributed by atoms with Crippen LogP contribution in [0.2, 0.25) is 15.1 Å². The number of urea groups is 1. The highest BCUT2D eigenvalue weighted by Crippen LogP contribution is 2.32. The van der Waals surface area contributed by atoms with Gasteiger partial charge < -0.3 is 5.32 Å². The lowest BCUT2D eigenvalue weighted by Crippen LogP contribution is -2.36. The van der Waals surface area contributed by atoms with Gasteiger partial charge in [-0.1, -0.05) is 65.6 Å². The summed E-state index contributed by atoms with van der Waals surface area (Å²) in [4.78, 5) is 18.8. The fourth-order valence-electron chi connectivity index (χ4n) is 2.28. The summed E-state index contributed by atoms with van der Waals surface area (Å²) in [6.07, 6.45) is 0.